The minimum absolute atomic E-state index is 0.00408. The molecular formula is C36H45N3O9. The predicted molar refractivity (Wildman–Crippen MR) is 178 cm³/mol. The second-order valence-electron chi connectivity index (χ2n) is 13.0. The average Bonchev–Trinajstić information content (AvgIpc) is 3.03. The first-order valence-corrected chi connectivity index (χ1v) is 16.3. The first-order valence-electron chi connectivity index (χ1n) is 16.3. The van der Waals surface area contributed by atoms with Crippen LogP contribution in [-0.4, -0.2) is 95.4 Å². The lowest BCUT2D eigenvalue weighted by Crippen LogP contribution is -2.63. The fraction of sp³-hybridized carbons (Fsp3) is 0.472. The summed E-state index contributed by atoms with van der Waals surface area (Å²) in [6.07, 6.45) is 3.19. The number of Topliss-reactive ketones (excluding diaryl/α,β-unsaturated/α-hetero) is 2. The fourth-order valence-electron chi connectivity index (χ4n) is 7.46. The lowest BCUT2D eigenvalue weighted by Gasteiger charge is -2.50. The van der Waals surface area contributed by atoms with Gasteiger partial charge in [-0.2, -0.15) is 0 Å². The van der Waals surface area contributed by atoms with Gasteiger partial charge in [-0.25, -0.2) is 0 Å². The van der Waals surface area contributed by atoms with Gasteiger partial charge in [0.05, 0.1) is 18.7 Å². The molecule has 3 aliphatic carbocycles. The molecule has 0 saturated carbocycles. The summed E-state index contributed by atoms with van der Waals surface area (Å²) in [4.78, 5) is 41.5. The second kappa shape index (κ2) is 14.1. The minimum atomic E-state index is -2.69. The molecular weight excluding hydrogens is 618 g/mol. The molecule has 0 aliphatic heterocycles. The standard InChI is InChI=1S/C36H45N3O9/c1-5-6-13-48-14-7-12-38-18-19-8-11-26(47-4)22(15-19)21-9-10-25(40)28-23(21)16-20-17-24-30(39(2)3)32(42)29(35(37)45)34(44)36(24,46)33(43)27(20)31(28)41/h8-11,15,20,24,30,38,40,42-43,46H,5-7,12-14,16-18H2,1-4H3,(H2,37,45)/t20-,24-,30-,36-/m1/s1. The predicted octanol–water partition coefficient (Wildman–Crippen LogP) is 3.09. The van der Waals surface area contributed by atoms with Gasteiger partial charge in [0.15, 0.2) is 11.4 Å². The molecule has 1 amide bonds. The summed E-state index contributed by atoms with van der Waals surface area (Å²) in [5, 5.41) is 48.9. The highest BCUT2D eigenvalue weighted by molar-refractivity contribution is 6.25. The number of carbonyl (C=O) groups is 3. The number of aliphatic hydroxyl groups excluding tert-OH is 2. The summed E-state index contributed by atoms with van der Waals surface area (Å²) < 4.78 is 11.3. The highest BCUT2D eigenvalue weighted by atomic mass is 16.5. The molecule has 3 aliphatic rings. The zero-order valence-corrected chi connectivity index (χ0v) is 27.8. The molecule has 5 rings (SSSR count). The van der Waals surface area contributed by atoms with E-state index >= 15 is 0 Å². The van der Waals surface area contributed by atoms with Crippen molar-refractivity contribution in [2.24, 2.45) is 17.6 Å². The first kappa shape index (κ1) is 35.1. The van der Waals surface area contributed by atoms with E-state index in [1.165, 1.54) is 11.0 Å². The maximum Gasteiger partial charge on any atom is 0.255 e. The largest absolute Gasteiger partial charge is 0.510 e. The number of amides is 1. The number of hydrogen-bond acceptors (Lipinski definition) is 11. The summed E-state index contributed by atoms with van der Waals surface area (Å²) in [5.41, 5.74) is 4.50. The van der Waals surface area contributed by atoms with Crippen LogP contribution in [0.3, 0.4) is 0 Å². The number of ketones is 2. The van der Waals surface area contributed by atoms with E-state index in [4.69, 9.17) is 15.2 Å². The second-order valence-corrected chi connectivity index (χ2v) is 13.0. The molecule has 0 heterocycles. The zero-order chi connectivity index (χ0) is 34.9. The Labute approximate surface area is 279 Å². The van der Waals surface area contributed by atoms with Gasteiger partial charge >= 0.3 is 0 Å². The summed E-state index contributed by atoms with van der Waals surface area (Å²) in [7, 11) is 4.74. The Kier molecular flexibility index (Phi) is 10.3. The monoisotopic (exact) mass is 663 g/mol. The van der Waals surface area contributed by atoms with Crippen molar-refractivity contribution in [2.45, 2.75) is 57.2 Å². The smallest absolute Gasteiger partial charge is 0.255 e. The number of primary amides is 1. The van der Waals surface area contributed by atoms with Crippen LogP contribution in [0, 0.1) is 11.8 Å². The Morgan fingerprint density at radius 3 is 2.48 bits per heavy atom. The van der Waals surface area contributed by atoms with Crippen LogP contribution in [0.4, 0.5) is 0 Å². The number of aromatic hydroxyl groups is 1. The summed E-state index contributed by atoms with van der Waals surface area (Å²) in [6, 6.07) is 7.83. The quantitative estimate of drug-likeness (QED) is 0.136. The number of nitrogens with one attached hydrogen (secondary N) is 1. The van der Waals surface area contributed by atoms with E-state index in [9.17, 15) is 34.8 Å². The van der Waals surface area contributed by atoms with E-state index in [1.54, 1.807) is 27.3 Å². The number of nitrogens with zero attached hydrogens (tertiary/aromatic N) is 1. The van der Waals surface area contributed by atoms with Gasteiger partial charge in [0.1, 0.15) is 28.6 Å². The van der Waals surface area contributed by atoms with Gasteiger partial charge in [0.2, 0.25) is 5.78 Å². The van der Waals surface area contributed by atoms with Crippen molar-refractivity contribution < 1.29 is 44.3 Å². The maximum atomic E-state index is 14.2. The number of allylic oxidation sites excluding steroid dienone is 1. The van der Waals surface area contributed by atoms with E-state index in [0.29, 0.717) is 35.6 Å². The van der Waals surface area contributed by atoms with E-state index in [1.807, 2.05) is 18.2 Å². The first-order chi connectivity index (χ1) is 22.9. The van der Waals surface area contributed by atoms with Crippen molar-refractivity contribution in [1.29, 1.82) is 0 Å². The molecule has 0 fully saturated rings. The number of unbranched alkanes of at least 4 members (excludes halogenated alkanes) is 1. The van der Waals surface area contributed by atoms with Gasteiger partial charge in [-0.15, -0.1) is 0 Å². The van der Waals surface area contributed by atoms with Gasteiger partial charge in [0, 0.05) is 36.8 Å². The molecule has 12 heteroatoms. The molecule has 2 aromatic carbocycles. The third-order valence-corrected chi connectivity index (χ3v) is 9.77. The Morgan fingerprint density at radius 2 is 1.81 bits per heavy atom. The SMILES string of the molecule is CCCCOCCCNCc1ccc(OC)c(-c2ccc(O)c3c2C[C@@H]2C[C@@H]4[C@@H](N(C)C)C(O)=C(C(N)=O)C(=O)[C@]4(O)C(O)=C2C3=O)c1. The third kappa shape index (κ3) is 5.98. The summed E-state index contributed by atoms with van der Waals surface area (Å²) in [5.74, 6) is -6.33. The van der Waals surface area contributed by atoms with Crippen LogP contribution in [0.2, 0.25) is 0 Å². The molecule has 0 radical (unpaired) electrons. The molecule has 0 saturated heterocycles. The number of methoxy groups -OCH3 is 1. The number of benzene rings is 2. The number of nitrogens with two attached hydrogens (primary N) is 1. The van der Waals surface area contributed by atoms with Gasteiger partial charge in [-0.05, 0) is 87.1 Å². The Hall–Kier alpha value is -4.23. The minimum Gasteiger partial charge on any atom is -0.510 e. The van der Waals surface area contributed by atoms with E-state index in [-0.39, 0.29) is 29.7 Å². The number of phenolic OH excluding ortho intramolecular Hbond substituents is 1. The zero-order valence-electron chi connectivity index (χ0n) is 27.8. The van der Waals surface area contributed by atoms with Crippen molar-refractivity contribution >= 4 is 17.5 Å². The molecule has 7 N–H and O–H groups in total. The van der Waals surface area contributed by atoms with Gasteiger partial charge in [0.25, 0.3) is 5.91 Å². The summed E-state index contributed by atoms with van der Waals surface area (Å²) in [6.45, 7) is 4.93. The van der Waals surface area contributed by atoms with E-state index < -0.39 is 58.0 Å². The molecule has 12 nitrogen and oxygen atoms in total. The Bertz CT molecular complexity index is 1680. The number of hydrogen-bond donors (Lipinski definition) is 6. The molecule has 2 aromatic rings. The van der Waals surface area contributed by atoms with Crippen LogP contribution in [-0.2, 0) is 27.3 Å². The molecule has 0 unspecified atom stereocenters. The van der Waals surface area contributed by atoms with Gasteiger partial charge < -0.3 is 41.0 Å². The van der Waals surface area contributed by atoms with Crippen LogP contribution in [0.25, 0.3) is 11.1 Å². The van der Waals surface area contributed by atoms with E-state index in [0.717, 1.165) is 38.0 Å². The normalized spacial score (nSPS) is 23.7. The van der Waals surface area contributed by atoms with Crippen LogP contribution in [0.1, 0.15) is 54.1 Å². The topological polar surface area (TPSA) is 192 Å². The lowest BCUT2D eigenvalue weighted by atomic mass is 9.58. The average molecular weight is 664 g/mol. The third-order valence-electron chi connectivity index (χ3n) is 9.77. The number of phenols is 1. The van der Waals surface area contributed by atoms with Crippen LogP contribution < -0.4 is 15.8 Å². The number of fused-ring (bicyclic) bond motifs is 3. The van der Waals surface area contributed by atoms with Crippen molar-refractivity contribution in [2.75, 3.05) is 41.0 Å². The molecule has 0 aromatic heterocycles. The molecule has 258 valence electrons. The van der Waals surface area contributed by atoms with Gasteiger partial charge in [-0.1, -0.05) is 25.5 Å². The van der Waals surface area contributed by atoms with Crippen molar-refractivity contribution in [3.05, 3.63) is 69.7 Å². The van der Waals surface area contributed by atoms with Crippen LogP contribution >= 0.6 is 0 Å². The molecule has 4 atom stereocenters. The van der Waals surface area contributed by atoms with Gasteiger partial charge in [-0.3, -0.25) is 19.3 Å². The van der Waals surface area contributed by atoms with E-state index in [2.05, 4.69) is 12.2 Å². The van der Waals surface area contributed by atoms with Crippen LogP contribution in [0.5, 0.6) is 11.5 Å². The number of likely N-dealkylation sites (N-methyl/N-ethyl adjacent to an activating group) is 1. The van der Waals surface area contributed by atoms with Crippen LogP contribution in [0.15, 0.2) is 53.0 Å². The summed E-state index contributed by atoms with van der Waals surface area (Å²) >= 11 is 0. The Morgan fingerprint density at radius 1 is 1.08 bits per heavy atom. The highest BCUT2D eigenvalue weighted by Gasteiger charge is 2.63. The molecule has 0 spiro atoms. The van der Waals surface area contributed by atoms with Crippen molar-refractivity contribution in [3.63, 3.8) is 0 Å². The number of aliphatic hydroxyl groups is 3. The Balaban J connectivity index is 1.52. The lowest BCUT2D eigenvalue weighted by molar-refractivity contribution is -0.148. The number of carbonyl (C=O) groups excluding carboxylic acids is 3. The van der Waals surface area contributed by atoms with Crippen molar-refractivity contribution in [3.8, 4) is 22.6 Å². The number of rotatable bonds is 13. The molecule has 0 bridgehead atoms. The van der Waals surface area contributed by atoms with Crippen molar-refractivity contribution in [1.82, 2.24) is 10.2 Å². The molecule has 48 heavy (non-hydrogen) atoms. The number of ether oxygens (including phenoxy) is 2. The fourth-order valence-corrected chi connectivity index (χ4v) is 7.46. The highest BCUT2D eigenvalue weighted by Crippen LogP contribution is 2.53. The maximum absolute atomic E-state index is 14.2.